The molecule has 0 saturated heterocycles. The van der Waals surface area contributed by atoms with Crippen LogP contribution in [0.4, 0.5) is 0 Å². The van der Waals surface area contributed by atoms with Gasteiger partial charge in [0.1, 0.15) is 11.4 Å². The van der Waals surface area contributed by atoms with Gasteiger partial charge in [-0.2, -0.15) is 0 Å². The van der Waals surface area contributed by atoms with Crippen LogP contribution in [0, 0.1) is 11.8 Å². The number of carbonyl (C=O) groups is 1. The Morgan fingerprint density at radius 1 is 1.38 bits per heavy atom. The first-order valence-corrected chi connectivity index (χ1v) is 8.89. The van der Waals surface area contributed by atoms with Crippen molar-refractivity contribution in [2.45, 2.75) is 57.6 Å². The van der Waals surface area contributed by atoms with Crippen LogP contribution in [0.15, 0.2) is 24.5 Å². The highest BCUT2D eigenvalue weighted by Crippen LogP contribution is 2.40. The molecule has 5 nitrogen and oxygen atoms in total. The van der Waals surface area contributed by atoms with Crippen molar-refractivity contribution in [1.29, 1.82) is 0 Å². The standard InChI is InChI=1S/C19H24N2O3/c1-19(7-8-19)24-15-10-17-16(20-11-15)6-9-21(17)12-13-2-4-14(5-3-13)18(22)23/h6,9-11,13-14H,2-5,7-8,12H2,1H3,(H,22,23)/t13-,14-. The summed E-state index contributed by atoms with van der Waals surface area (Å²) in [5.41, 5.74) is 2.10. The number of aromatic nitrogens is 2. The van der Waals surface area contributed by atoms with Crippen molar-refractivity contribution in [2.24, 2.45) is 11.8 Å². The van der Waals surface area contributed by atoms with E-state index < -0.39 is 5.97 Å². The van der Waals surface area contributed by atoms with Crippen LogP contribution in [0.3, 0.4) is 0 Å². The van der Waals surface area contributed by atoms with E-state index in [1.165, 1.54) is 0 Å². The Kier molecular flexibility index (Phi) is 3.74. The molecule has 0 aromatic carbocycles. The number of hydrogen-bond acceptors (Lipinski definition) is 3. The van der Waals surface area contributed by atoms with Gasteiger partial charge in [0.05, 0.1) is 23.1 Å². The molecule has 1 N–H and O–H groups in total. The summed E-state index contributed by atoms with van der Waals surface area (Å²) in [6.07, 6.45) is 9.68. The molecule has 2 aliphatic rings. The molecule has 2 aromatic heterocycles. The third-order valence-corrected chi connectivity index (χ3v) is 5.56. The van der Waals surface area contributed by atoms with Crippen LogP contribution >= 0.6 is 0 Å². The predicted molar refractivity (Wildman–Crippen MR) is 91.1 cm³/mol. The van der Waals surface area contributed by atoms with Gasteiger partial charge in [0, 0.05) is 18.8 Å². The molecular weight excluding hydrogens is 304 g/mol. The van der Waals surface area contributed by atoms with E-state index in [9.17, 15) is 4.79 Å². The molecule has 5 heteroatoms. The van der Waals surface area contributed by atoms with Gasteiger partial charge in [-0.1, -0.05) is 0 Å². The van der Waals surface area contributed by atoms with Crippen LogP contribution in [0.2, 0.25) is 0 Å². The molecule has 2 saturated carbocycles. The van der Waals surface area contributed by atoms with E-state index in [-0.39, 0.29) is 11.5 Å². The summed E-state index contributed by atoms with van der Waals surface area (Å²) in [5.74, 6) is 0.599. The maximum Gasteiger partial charge on any atom is 0.306 e. The summed E-state index contributed by atoms with van der Waals surface area (Å²) >= 11 is 0. The minimum atomic E-state index is -0.639. The Hall–Kier alpha value is -2.04. The number of aliphatic carboxylic acids is 1. The molecule has 0 aliphatic heterocycles. The zero-order chi connectivity index (χ0) is 16.7. The minimum absolute atomic E-state index is 0.00198. The molecule has 128 valence electrons. The third-order valence-electron chi connectivity index (χ3n) is 5.56. The number of pyridine rings is 1. The van der Waals surface area contributed by atoms with Crippen molar-refractivity contribution in [3.63, 3.8) is 0 Å². The fourth-order valence-corrected chi connectivity index (χ4v) is 3.69. The summed E-state index contributed by atoms with van der Waals surface area (Å²) in [6.45, 7) is 3.06. The zero-order valence-electron chi connectivity index (χ0n) is 14.1. The van der Waals surface area contributed by atoms with Crippen LogP contribution in [-0.4, -0.2) is 26.2 Å². The summed E-state index contributed by atoms with van der Waals surface area (Å²) < 4.78 is 8.28. The van der Waals surface area contributed by atoms with Gasteiger partial charge in [-0.25, -0.2) is 0 Å². The van der Waals surface area contributed by atoms with Crippen LogP contribution in [0.1, 0.15) is 45.4 Å². The third kappa shape index (κ3) is 3.12. The Morgan fingerprint density at radius 3 is 2.79 bits per heavy atom. The largest absolute Gasteiger partial charge is 0.486 e. The molecular formula is C19H24N2O3. The molecule has 2 fully saturated rings. The van der Waals surface area contributed by atoms with Gasteiger partial charge in [-0.05, 0) is 57.4 Å². The molecule has 2 aliphatic carbocycles. The molecule has 0 amide bonds. The van der Waals surface area contributed by atoms with Crippen LogP contribution in [0.5, 0.6) is 5.75 Å². The van der Waals surface area contributed by atoms with E-state index in [1.54, 1.807) is 0 Å². The van der Waals surface area contributed by atoms with Gasteiger partial charge < -0.3 is 14.4 Å². The van der Waals surface area contributed by atoms with Crippen LogP contribution < -0.4 is 4.74 Å². The quantitative estimate of drug-likeness (QED) is 0.905. The van der Waals surface area contributed by atoms with Crippen molar-refractivity contribution < 1.29 is 14.6 Å². The van der Waals surface area contributed by atoms with Crippen molar-refractivity contribution in [3.8, 4) is 5.75 Å². The van der Waals surface area contributed by atoms with Crippen LogP contribution in [0.25, 0.3) is 11.0 Å². The molecule has 0 bridgehead atoms. The summed E-state index contributed by atoms with van der Waals surface area (Å²) in [6, 6.07) is 4.13. The van der Waals surface area contributed by atoms with E-state index >= 15 is 0 Å². The molecule has 0 atom stereocenters. The first-order valence-electron chi connectivity index (χ1n) is 8.89. The van der Waals surface area contributed by atoms with E-state index in [0.29, 0.717) is 5.92 Å². The van der Waals surface area contributed by atoms with Crippen molar-refractivity contribution in [2.75, 3.05) is 0 Å². The van der Waals surface area contributed by atoms with Gasteiger partial charge in [0.25, 0.3) is 0 Å². The van der Waals surface area contributed by atoms with Crippen molar-refractivity contribution in [3.05, 3.63) is 24.5 Å². The summed E-state index contributed by atoms with van der Waals surface area (Å²) in [5, 5.41) is 9.12. The maximum atomic E-state index is 11.1. The van der Waals surface area contributed by atoms with Gasteiger partial charge in [-0.15, -0.1) is 0 Å². The number of nitrogens with zero attached hydrogens (tertiary/aromatic N) is 2. The highest BCUT2D eigenvalue weighted by Gasteiger charge is 2.40. The second-order valence-corrected chi connectivity index (χ2v) is 7.65. The SMILES string of the molecule is CC1(Oc2cnc3ccn(C[C@H]4CC[C@H](C(=O)O)CC4)c3c2)CC1. The molecule has 4 rings (SSSR count). The Balaban J connectivity index is 1.48. The fraction of sp³-hybridized carbons (Fsp3) is 0.579. The maximum absolute atomic E-state index is 11.1. The molecule has 0 radical (unpaired) electrons. The number of rotatable bonds is 5. The van der Waals surface area contributed by atoms with E-state index in [0.717, 1.165) is 61.9 Å². The minimum Gasteiger partial charge on any atom is -0.486 e. The van der Waals surface area contributed by atoms with E-state index in [1.807, 2.05) is 12.3 Å². The smallest absolute Gasteiger partial charge is 0.306 e. The summed E-state index contributed by atoms with van der Waals surface area (Å²) in [4.78, 5) is 15.6. The van der Waals surface area contributed by atoms with E-state index in [4.69, 9.17) is 9.84 Å². The average molecular weight is 328 g/mol. The zero-order valence-corrected chi connectivity index (χ0v) is 14.1. The predicted octanol–water partition coefficient (Wildman–Crippen LogP) is 3.86. The molecule has 2 heterocycles. The Labute approximate surface area is 141 Å². The number of carboxylic acids is 1. The van der Waals surface area contributed by atoms with Gasteiger partial charge in [0.15, 0.2) is 0 Å². The molecule has 24 heavy (non-hydrogen) atoms. The van der Waals surface area contributed by atoms with Gasteiger partial charge in [-0.3, -0.25) is 9.78 Å². The number of ether oxygens (including phenoxy) is 1. The first-order chi connectivity index (χ1) is 11.5. The van der Waals surface area contributed by atoms with Gasteiger partial charge in [0.2, 0.25) is 0 Å². The topological polar surface area (TPSA) is 64.4 Å². The highest BCUT2D eigenvalue weighted by atomic mass is 16.5. The monoisotopic (exact) mass is 328 g/mol. The van der Waals surface area contributed by atoms with Crippen molar-refractivity contribution >= 4 is 17.0 Å². The fourth-order valence-electron chi connectivity index (χ4n) is 3.69. The lowest BCUT2D eigenvalue weighted by Crippen LogP contribution is -2.23. The van der Waals surface area contributed by atoms with Crippen LogP contribution in [-0.2, 0) is 11.3 Å². The molecule has 0 unspecified atom stereocenters. The lowest BCUT2D eigenvalue weighted by Gasteiger charge is -2.26. The van der Waals surface area contributed by atoms with Crippen molar-refractivity contribution in [1.82, 2.24) is 9.55 Å². The second-order valence-electron chi connectivity index (χ2n) is 7.65. The number of hydrogen-bond donors (Lipinski definition) is 1. The lowest BCUT2D eigenvalue weighted by molar-refractivity contribution is -0.143. The summed E-state index contributed by atoms with van der Waals surface area (Å²) in [7, 11) is 0. The van der Waals surface area contributed by atoms with E-state index in [2.05, 4.69) is 28.7 Å². The second kappa shape index (κ2) is 5.80. The number of carboxylic acid groups (broad SMARTS) is 1. The average Bonchev–Trinajstić information content (AvgIpc) is 3.16. The number of fused-ring (bicyclic) bond motifs is 1. The Bertz CT molecular complexity index is 755. The molecule has 0 spiro atoms. The van der Waals surface area contributed by atoms with Gasteiger partial charge >= 0.3 is 5.97 Å². The first kappa shape index (κ1) is 15.5. The normalized spacial score (nSPS) is 25.5. The Morgan fingerprint density at radius 2 is 2.12 bits per heavy atom. The highest BCUT2D eigenvalue weighted by molar-refractivity contribution is 5.77. The molecule has 2 aromatic rings. The lowest BCUT2D eigenvalue weighted by atomic mass is 9.82.